The topological polar surface area (TPSA) is 61.4 Å². The molecule has 2 aliphatic rings. The second kappa shape index (κ2) is 7.30. The van der Waals surface area contributed by atoms with E-state index in [2.05, 4.69) is 15.5 Å². The molecule has 1 spiro atoms. The summed E-state index contributed by atoms with van der Waals surface area (Å²) in [7, 11) is 0. The van der Waals surface area contributed by atoms with Crippen LogP contribution in [0.5, 0.6) is 0 Å². The molecule has 2 saturated heterocycles. The Morgan fingerprint density at radius 3 is 2.83 bits per heavy atom. The maximum absolute atomic E-state index is 12.8. The fourth-order valence-electron chi connectivity index (χ4n) is 3.67. The lowest BCUT2D eigenvalue weighted by atomic mass is 9.79. The molecule has 1 aromatic rings. The first kappa shape index (κ1) is 16.9. The third-order valence-corrected chi connectivity index (χ3v) is 5.05. The first-order valence-electron chi connectivity index (χ1n) is 8.59. The van der Waals surface area contributed by atoms with Crippen molar-refractivity contribution >= 4 is 11.8 Å². The molecule has 2 heterocycles. The number of hydrogen-bond donors (Lipinski definition) is 2. The second-order valence-electron chi connectivity index (χ2n) is 6.83. The highest BCUT2D eigenvalue weighted by molar-refractivity contribution is 5.84. The van der Waals surface area contributed by atoms with Gasteiger partial charge in [0, 0.05) is 19.6 Å². The van der Waals surface area contributed by atoms with Gasteiger partial charge in [-0.1, -0.05) is 12.1 Å². The maximum Gasteiger partial charge on any atom is 0.234 e. The summed E-state index contributed by atoms with van der Waals surface area (Å²) < 4.78 is 12.8. The number of carbonyl (C=O) groups is 2. The van der Waals surface area contributed by atoms with Gasteiger partial charge in [0.1, 0.15) is 5.82 Å². The lowest BCUT2D eigenvalue weighted by molar-refractivity contribution is -0.133. The lowest BCUT2D eigenvalue weighted by Gasteiger charge is -2.32. The van der Waals surface area contributed by atoms with Gasteiger partial charge in [-0.3, -0.25) is 14.5 Å². The SMILES string of the molecule is O=C(CN1CC[C@@]2(CCCNC2=O)C1)NCCc1ccc(F)cc1. The molecule has 2 fully saturated rings. The minimum Gasteiger partial charge on any atom is -0.356 e. The summed E-state index contributed by atoms with van der Waals surface area (Å²) in [5.41, 5.74) is 0.711. The van der Waals surface area contributed by atoms with Crippen molar-refractivity contribution in [3.05, 3.63) is 35.6 Å². The van der Waals surface area contributed by atoms with Crippen molar-refractivity contribution in [3.63, 3.8) is 0 Å². The van der Waals surface area contributed by atoms with Crippen LogP contribution in [0, 0.1) is 11.2 Å². The summed E-state index contributed by atoms with van der Waals surface area (Å²) in [4.78, 5) is 26.3. The Labute approximate surface area is 141 Å². The molecule has 2 N–H and O–H groups in total. The first-order valence-corrected chi connectivity index (χ1v) is 8.59. The summed E-state index contributed by atoms with van der Waals surface area (Å²) in [6, 6.07) is 6.31. The number of amides is 2. The monoisotopic (exact) mass is 333 g/mol. The van der Waals surface area contributed by atoms with Crippen LogP contribution in [0.3, 0.4) is 0 Å². The van der Waals surface area contributed by atoms with Gasteiger partial charge in [-0.25, -0.2) is 4.39 Å². The molecular formula is C18H24FN3O2. The maximum atomic E-state index is 12.8. The Morgan fingerprint density at radius 1 is 1.29 bits per heavy atom. The van der Waals surface area contributed by atoms with Crippen LogP contribution in [-0.2, 0) is 16.0 Å². The number of hydrogen-bond acceptors (Lipinski definition) is 3. The molecule has 0 bridgehead atoms. The van der Waals surface area contributed by atoms with Crippen molar-refractivity contribution in [2.45, 2.75) is 25.7 Å². The van der Waals surface area contributed by atoms with Crippen molar-refractivity contribution in [1.82, 2.24) is 15.5 Å². The molecule has 3 rings (SSSR count). The quantitative estimate of drug-likeness (QED) is 0.848. The van der Waals surface area contributed by atoms with E-state index in [4.69, 9.17) is 0 Å². The van der Waals surface area contributed by atoms with E-state index in [9.17, 15) is 14.0 Å². The van der Waals surface area contributed by atoms with E-state index in [-0.39, 0.29) is 23.0 Å². The van der Waals surface area contributed by atoms with Gasteiger partial charge in [-0.05, 0) is 49.9 Å². The molecule has 0 unspecified atom stereocenters. The van der Waals surface area contributed by atoms with Crippen LogP contribution in [-0.4, -0.2) is 49.4 Å². The van der Waals surface area contributed by atoms with Gasteiger partial charge in [-0.2, -0.15) is 0 Å². The number of rotatable bonds is 5. The van der Waals surface area contributed by atoms with E-state index in [0.717, 1.165) is 37.9 Å². The minimum absolute atomic E-state index is 0.0228. The Bertz CT molecular complexity index is 605. The fourth-order valence-corrected chi connectivity index (χ4v) is 3.67. The number of nitrogens with one attached hydrogen (secondary N) is 2. The summed E-state index contributed by atoms with van der Waals surface area (Å²) in [5.74, 6) is -0.129. The summed E-state index contributed by atoms with van der Waals surface area (Å²) >= 11 is 0. The Balaban J connectivity index is 1.41. The van der Waals surface area contributed by atoms with Crippen molar-refractivity contribution in [1.29, 1.82) is 0 Å². The summed E-state index contributed by atoms with van der Waals surface area (Å²) in [6.07, 6.45) is 3.45. The van der Waals surface area contributed by atoms with Crippen LogP contribution < -0.4 is 10.6 Å². The lowest BCUT2D eigenvalue weighted by Crippen LogP contribution is -2.48. The van der Waals surface area contributed by atoms with Crippen LogP contribution in [0.4, 0.5) is 4.39 Å². The molecule has 2 amide bonds. The van der Waals surface area contributed by atoms with Crippen molar-refractivity contribution in [2.24, 2.45) is 5.41 Å². The number of likely N-dealkylation sites (tertiary alicyclic amines) is 1. The largest absolute Gasteiger partial charge is 0.356 e. The van der Waals surface area contributed by atoms with Gasteiger partial charge >= 0.3 is 0 Å². The highest BCUT2D eigenvalue weighted by atomic mass is 19.1. The van der Waals surface area contributed by atoms with Gasteiger partial charge in [0.2, 0.25) is 11.8 Å². The van der Waals surface area contributed by atoms with Crippen LogP contribution in [0.1, 0.15) is 24.8 Å². The highest BCUT2D eigenvalue weighted by Gasteiger charge is 2.45. The number of piperidine rings is 1. The van der Waals surface area contributed by atoms with Gasteiger partial charge in [-0.15, -0.1) is 0 Å². The number of carbonyl (C=O) groups excluding carboxylic acids is 2. The van der Waals surface area contributed by atoms with Crippen LogP contribution in [0.25, 0.3) is 0 Å². The number of benzene rings is 1. The third-order valence-electron chi connectivity index (χ3n) is 5.05. The summed E-state index contributed by atoms with van der Waals surface area (Å²) in [5, 5.41) is 5.85. The zero-order valence-corrected chi connectivity index (χ0v) is 13.8. The molecule has 5 nitrogen and oxygen atoms in total. The van der Waals surface area contributed by atoms with E-state index >= 15 is 0 Å². The standard InChI is InChI=1S/C18H24FN3O2/c19-15-4-2-14(3-5-15)6-10-20-16(23)12-22-11-8-18(13-22)7-1-9-21-17(18)24/h2-5H,1,6-13H2,(H,20,23)(H,21,24)/t18-/m0/s1. The molecule has 0 aliphatic carbocycles. The molecule has 0 saturated carbocycles. The van der Waals surface area contributed by atoms with Gasteiger partial charge < -0.3 is 10.6 Å². The molecule has 0 radical (unpaired) electrons. The van der Waals surface area contributed by atoms with E-state index in [1.807, 2.05) is 0 Å². The second-order valence-corrected chi connectivity index (χ2v) is 6.83. The molecule has 130 valence electrons. The number of halogens is 1. The van der Waals surface area contributed by atoms with Crippen molar-refractivity contribution < 1.29 is 14.0 Å². The van der Waals surface area contributed by atoms with Gasteiger partial charge in [0.25, 0.3) is 0 Å². The van der Waals surface area contributed by atoms with E-state index < -0.39 is 0 Å². The average Bonchev–Trinajstić information content (AvgIpc) is 2.96. The molecule has 0 aromatic heterocycles. The fraction of sp³-hybridized carbons (Fsp3) is 0.556. The predicted molar refractivity (Wildman–Crippen MR) is 88.8 cm³/mol. The zero-order valence-electron chi connectivity index (χ0n) is 13.8. The van der Waals surface area contributed by atoms with Gasteiger partial charge in [0.05, 0.1) is 12.0 Å². The molecule has 6 heteroatoms. The van der Waals surface area contributed by atoms with E-state index in [0.29, 0.717) is 26.1 Å². The minimum atomic E-state index is -0.285. The Hall–Kier alpha value is -1.95. The number of nitrogens with zero attached hydrogens (tertiary/aromatic N) is 1. The normalized spacial score (nSPS) is 24.1. The average molecular weight is 333 g/mol. The third kappa shape index (κ3) is 3.93. The molecule has 1 aromatic carbocycles. The molecule has 2 aliphatic heterocycles. The first-order chi connectivity index (χ1) is 11.6. The highest BCUT2D eigenvalue weighted by Crippen LogP contribution is 2.37. The molecular weight excluding hydrogens is 309 g/mol. The Kier molecular flexibility index (Phi) is 5.14. The summed E-state index contributed by atoms with van der Waals surface area (Å²) in [6.45, 7) is 3.09. The van der Waals surface area contributed by atoms with Crippen LogP contribution in [0.15, 0.2) is 24.3 Å². The van der Waals surface area contributed by atoms with Crippen LogP contribution in [0.2, 0.25) is 0 Å². The Morgan fingerprint density at radius 2 is 2.08 bits per heavy atom. The van der Waals surface area contributed by atoms with Crippen molar-refractivity contribution in [3.8, 4) is 0 Å². The van der Waals surface area contributed by atoms with Crippen molar-refractivity contribution in [2.75, 3.05) is 32.7 Å². The van der Waals surface area contributed by atoms with E-state index in [1.165, 1.54) is 12.1 Å². The molecule has 24 heavy (non-hydrogen) atoms. The van der Waals surface area contributed by atoms with Gasteiger partial charge in [0.15, 0.2) is 0 Å². The molecule has 1 atom stereocenters. The van der Waals surface area contributed by atoms with E-state index in [1.54, 1.807) is 12.1 Å². The zero-order chi connectivity index (χ0) is 17.0. The predicted octanol–water partition coefficient (Wildman–Crippen LogP) is 1.09. The smallest absolute Gasteiger partial charge is 0.234 e. The van der Waals surface area contributed by atoms with Crippen LogP contribution >= 0.6 is 0 Å².